The molecule has 3 aliphatic heterocycles. The van der Waals surface area contributed by atoms with E-state index in [9.17, 15) is 50.8 Å². The van der Waals surface area contributed by atoms with Gasteiger partial charge in [-0.25, -0.2) is 0 Å². The molecule has 0 aromatic heterocycles. The molecule has 15 heteroatoms. The fourth-order valence-corrected chi connectivity index (χ4v) is 4.70. The summed E-state index contributed by atoms with van der Waals surface area (Å²) in [4.78, 5) is 13.0. The zero-order valence-corrected chi connectivity index (χ0v) is 21.7. The average molecular weight is 595 g/mol. The van der Waals surface area contributed by atoms with Gasteiger partial charge in [-0.05, 0) is 35.9 Å². The molecule has 228 valence electrons. The van der Waals surface area contributed by atoms with E-state index in [4.69, 9.17) is 23.7 Å². The number of phenolic OH excluding ortho intramolecular Hbond substituents is 1. The molecule has 5 rings (SSSR count). The van der Waals surface area contributed by atoms with Crippen LogP contribution in [0.15, 0.2) is 42.2 Å². The van der Waals surface area contributed by atoms with E-state index in [1.807, 2.05) is 0 Å². The Balaban J connectivity index is 1.31. The smallest absolute Gasteiger partial charge is 0.231 e. The zero-order chi connectivity index (χ0) is 30.3. The van der Waals surface area contributed by atoms with Crippen LogP contribution in [0, 0.1) is 0 Å². The van der Waals surface area contributed by atoms with Crippen LogP contribution >= 0.6 is 0 Å². The molecule has 0 unspecified atom stereocenters. The first kappa shape index (κ1) is 30.1. The number of hydrogen-bond donors (Lipinski definition) is 9. The van der Waals surface area contributed by atoms with Crippen molar-refractivity contribution in [3.8, 4) is 23.0 Å². The highest BCUT2D eigenvalue weighted by molar-refractivity contribution is 6.14. The molecular weight excluding hydrogens is 564 g/mol. The Kier molecular flexibility index (Phi) is 8.68. The maximum atomic E-state index is 13.0. The fourth-order valence-electron chi connectivity index (χ4n) is 4.70. The topological polar surface area (TPSA) is 245 Å². The molecule has 2 aromatic carbocycles. The molecule has 3 aliphatic rings. The van der Waals surface area contributed by atoms with E-state index in [-0.39, 0.29) is 34.3 Å². The third-order valence-electron chi connectivity index (χ3n) is 7.12. The minimum absolute atomic E-state index is 0.0898. The number of phenols is 1. The lowest BCUT2D eigenvalue weighted by Crippen LogP contribution is -2.60. The molecular formula is C27H30O15. The van der Waals surface area contributed by atoms with Crippen LogP contribution in [0.25, 0.3) is 6.08 Å². The van der Waals surface area contributed by atoms with Gasteiger partial charge in [0, 0.05) is 6.07 Å². The van der Waals surface area contributed by atoms with Crippen LogP contribution in [0.2, 0.25) is 0 Å². The standard InChI is InChI=1S/C27H30O15/c28-8-17-20(32)22(34)24(36)26(41-17)38-11-2-3-12-14(7-11)39-16(19(12)31)6-10-1-4-13(30)15(5-10)40-27-25(37)23(35)21(33)18(9-29)42-27/h1-7,17-18,20-30,32-37H,8-9H2/t17-,18-,20-,21-,22-,23-,24-,25-,26-,27-/m0/s1. The second-order valence-electron chi connectivity index (χ2n) is 9.96. The van der Waals surface area contributed by atoms with Crippen LogP contribution < -0.4 is 14.2 Å². The van der Waals surface area contributed by atoms with Gasteiger partial charge in [-0.3, -0.25) is 4.79 Å². The van der Waals surface area contributed by atoms with Gasteiger partial charge in [0.05, 0.1) is 18.8 Å². The fraction of sp³-hybridized carbons (Fsp3) is 0.444. The molecule has 0 bridgehead atoms. The molecule has 42 heavy (non-hydrogen) atoms. The van der Waals surface area contributed by atoms with Gasteiger partial charge in [-0.15, -0.1) is 0 Å². The Morgan fingerprint density at radius 1 is 0.738 bits per heavy atom. The third-order valence-corrected chi connectivity index (χ3v) is 7.12. The number of benzene rings is 2. The van der Waals surface area contributed by atoms with E-state index in [0.29, 0.717) is 5.56 Å². The van der Waals surface area contributed by atoms with E-state index in [0.717, 1.165) is 0 Å². The van der Waals surface area contributed by atoms with Gasteiger partial charge in [0.25, 0.3) is 0 Å². The number of carbonyl (C=O) groups excluding carboxylic acids is 1. The molecule has 9 N–H and O–H groups in total. The van der Waals surface area contributed by atoms with Gasteiger partial charge in [0.2, 0.25) is 18.4 Å². The lowest BCUT2D eigenvalue weighted by Gasteiger charge is -2.39. The third kappa shape index (κ3) is 5.67. The van der Waals surface area contributed by atoms with Gasteiger partial charge >= 0.3 is 0 Å². The number of aliphatic hydroxyl groups excluding tert-OH is 8. The normalized spacial score (nSPS) is 35.5. The molecule has 0 saturated carbocycles. The first-order chi connectivity index (χ1) is 20.0. The molecule has 10 atom stereocenters. The highest BCUT2D eigenvalue weighted by Crippen LogP contribution is 2.37. The molecule has 0 aliphatic carbocycles. The Labute approximate surface area is 237 Å². The van der Waals surface area contributed by atoms with Crippen LogP contribution in [0.3, 0.4) is 0 Å². The summed E-state index contributed by atoms with van der Waals surface area (Å²) < 4.78 is 27.4. The van der Waals surface area contributed by atoms with Crippen molar-refractivity contribution in [2.75, 3.05) is 13.2 Å². The van der Waals surface area contributed by atoms with Gasteiger partial charge in [-0.1, -0.05) is 6.07 Å². The van der Waals surface area contributed by atoms with Crippen molar-refractivity contribution >= 4 is 11.9 Å². The van der Waals surface area contributed by atoms with Crippen LogP contribution in [0.4, 0.5) is 0 Å². The molecule has 2 fully saturated rings. The first-order valence-corrected chi connectivity index (χ1v) is 12.9. The number of hydrogen-bond acceptors (Lipinski definition) is 15. The van der Waals surface area contributed by atoms with Crippen molar-refractivity contribution in [3.05, 3.63) is 53.3 Å². The summed E-state index contributed by atoms with van der Waals surface area (Å²) in [5.74, 6) is -0.983. The van der Waals surface area contributed by atoms with Gasteiger partial charge in [0.1, 0.15) is 60.3 Å². The number of fused-ring (bicyclic) bond motifs is 1. The number of allylic oxidation sites excluding steroid dienone is 1. The Morgan fingerprint density at radius 3 is 1.93 bits per heavy atom. The SMILES string of the molecule is O=C1C(=Cc2ccc(O)c(O[C@H]3O[C@@H](CO)[C@H](O)[C@H](O)[C@@H]3O)c2)Oc2cc(O[C@H]3O[C@@H](CO)[C@H](O)[C@H](O)[C@@H]3O)ccc21. The molecule has 2 aromatic rings. The van der Waals surface area contributed by atoms with Gasteiger partial charge in [-0.2, -0.15) is 0 Å². The summed E-state index contributed by atoms with van der Waals surface area (Å²) in [5.41, 5.74) is 0.500. The number of ketones is 1. The largest absolute Gasteiger partial charge is 0.504 e. The summed E-state index contributed by atoms with van der Waals surface area (Å²) in [6.07, 6.45) is -13.9. The van der Waals surface area contributed by atoms with Crippen LogP contribution in [-0.2, 0) is 9.47 Å². The molecule has 0 spiro atoms. The van der Waals surface area contributed by atoms with E-state index in [1.165, 1.54) is 42.5 Å². The minimum atomic E-state index is -1.71. The van der Waals surface area contributed by atoms with Crippen LogP contribution in [0.1, 0.15) is 15.9 Å². The predicted molar refractivity (Wildman–Crippen MR) is 136 cm³/mol. The Bertz CT molecular complexity index is 1330. The molecule has 0 amide bonds. The van der Waals surface area contributed by atoms with Crippen molar-refractivity contribution in [3.63, 3.8) is 0 Å². The maximum Gasteiger partial charge on any atom is 0.231 e. The summed E-state index contributed by atoms with van der Waals surface area (Å²) in [5, 5.41) is 89.3. The van der Waals surface area contributed by atoms with Gasteiger partial charge in [0.15, 0.2) is 17.3 Å². The second kappa shape index (κ2) is 12.1. The van der Waals surface area contributed by atoms with E-state index in [2.05, 4.69) is 0 Å². The van der Waals surface area contributed by atoms with E-state index in [1.54, 1.807) is 0 Å². The lowest BCUT2D eigenvalue weighted by atomic mass is 9.99. The number of carbonyl (C=O) groups is 1. The minimum Gasteiger partial charge on any atom is -0.504 e. The summed E-state index contributed by atoms with van der Waals surface area (Å²) in [6.45, 7) is -1.30. The van der Waals surface area contributed by atoms with Crippen molar-refractivity contribution in [1.82, 2.24) is 0 Å². The van der Waals surface area contributed by atoms with Gasteiger partial charge < -0.3 is 69.6 Å². The summed E-state index contributed by atoms with van der Waals surface area (Å²) in [6, 6.07) is 8.14. The molecule has 0 radical (unpaired) electrons. The van der Waals surface area contributed by atoms with E-state index < -0.39 is 80.4 Å². The lowest BCUT2D eigenvalue weighted by molar-refractivity contribution is -0.277. The summed E-state index contributed by atoms with van der Waals surface area (Å²) in [7, 11) is 0. The molecule has 15 nitrogen and oxygen atoms in total. The van der Waals surface area contributed by atoms with E-state index >= 15 is 0 Å². The molecule has 3 heterocycles. The first-order valence-electron chi connectivity index (χ1n) is 12.9. The number of rotatable bonds is 7. The summed E-state index contributed by atoms with van der Waals surface area (Å²) >= 11 is 0. The number of ether oxygens (including phenoxy) is 5. The zero-order valence-electron chi connectivity index (χ0n) is 21.7. The van der Waals surface area contributed by atoms with Crippen LogP contribution in [0.5, 0.6) is 23.0 Å². The quantitative estimate of drug-likeness (QED) is 0.149. The van der Waals surface area contributed by atoms with Crippen molar-refractivity contribution in [1.29, 1.82) is 0 Å². The second-order valence-corrected chi connectivity index (χ2v) is 9.96. The van der Waals surface area contributed by atoms with Crippen molar-refractivity contribution < 1.29 is 74.4 Å². The van der Waals surface area contributed by atoms with Crippen molar-refractivity contribution in [2.24, 2.45) is 0 Å². The highest BCUT2D eigenvalue weighted by atomic mass is 16.7. The Morgan fingerprint density at radius 2 is 1.33 bits per heavy atom. The molecule has 2 saturated heterocycles. The van der Waals surface area contributed by atoms with Crippen LogP contribution in [-0.4, -0.2) is 126 Å². The average Bonchev–Trinajstić information content (AvgIpc) is 3.28. The number of aliphatic hydroxyl groups is 8. The monoisotopic (exact) mass is 594 g/mol. The Hall–Kier alpha value is -3.35. The number of Topliss-reactive ketones (excluding diaryl/α,β-unsaturated/α-hetero) is 1. The predicted octanol–water partition coefficient (Wildman–Crippen LogP) is -2.63. The van der Waals surface area contributed by atoms with Crippen molar-refractivity contribution in [2.45, 2.75) is 61.4 Å². The maximum absolute atomic E-state index is 13.0. The number of aromatic hydroxyl groups is 1. The highest BCUT2D eigenvalue weighted by Gasteiger charge is 2.46.